The standard InChI is InChI=1S/C16H22N2O3/c1-2-13-7-6-10-17(11-13)16(21)18(12-15(19)20)14-8-4-3-5-9-14/h3-5,8-9,13H,2,6-7,10-12H2,1H3,(H,19,20). The summed E-state index contributed by atoms with van der Waals surface area (Å²) >= 11 is 0. The zero-order valence-electron chi connectivity index (χ0n) is 12.4. The van der Waals surface area contributed by atoms with Crippen molar-refractivity contribution < 1.29 is 14.7 Å². The van der Waals surface area contributed by atoms with Gasteiger partial charge in [-0.05, 0) is 30.9 Å². The molecule has 1 aliphatic heterocycles. The van der Waals surface area contributed by atoms with Crippen LogP contribution >= 0.6 is 0 Å². The smallest absolute Gasteiger partial charge is 0.325 e. The molecule has 2 rings (SSSR count). The Kier molecular flexibility index (Phi) is 5.20. The minimum atomic E-state index is -1.00. The average Bonchev–Trinajstić information content (AvgIpc) is 2.52. The SMILES string of the molecule is CCC1CCCN(C(=O)N(CC(=O)O)c2ccccc2)C1. The lowest BCUT2D eigenvalue weighted by Gasteiger charge is -2.35. The number of carboxylic acids is 1. The number of piperidine rings is 1. The lowest BCUT2D eigenvalue weighted by Crippen LogP contribution is -2.49. The first-order valence-electron chi connectivity index (χ1n) is 7.45. The fourth-order valence-electron chi connectivity index (χ4n) is 2.76. The van der Waals surface area contributed by atoms with E-state index < -0.39 is 5.97 Å². The second-order valence-corrected chi connectivity index (χ2v) is 5.46. The molecule has 0 saturated carbocycles. The van der Waals surface area contributed by atoms with Gasteiger partial charge in [-0.2, -0.15) is 0 Å². The van der Waals surface area contributed by atoms with Gasteiger partial charge in [-0.15, -0.1) is 0 Å². The number of carbonyl (C=O) groups is 2. The molecule has 5 heteroatoms. The number of anilines is 1. The summed E-state index contributed by atoms with van der Waals surface area (Å²) in [4.78, 5) is 26.9. The van der Waals surface area contributed by atoms with Crippen molar-refractivity contribution in [1.29, 1.82) is 0 Å². The summed E-state index contributed by atoms with van der Waals surface area (Å²) < 4.78 is 0. The first kappa shape index (κ1) is 15.4. The summed E-state index contributed by atoms with van der Waals surface area (Å²) in [6, 6.07) is 8.79. The third-order valence-corrected chi connectivity index (χ3v) is 3.96. The largest absolute Gasteiger partial charge is 0.480 e. The van der Waals surface area contributed by atoms with Crippen LogP contribution in [-0.2, 0) is 4.79 Å². The summed E-state index contributed by atoms with van der Waals surface area (Å²) in [6.07, 6.45) is 3.18. The van der Waals surface area contributed by atoms with Crippen molar-refractivity contribution in [1.82, 2.24) is 4.90 Å². The molecule has 0 spiro atoms. The van der Waals surface area contributed by atoms with E-state index in [1.54, 1.807) is 17.0 Å². The average molecular weight is 290 g/mol. The number of hydrogen-bond donors (Lipinski definition) is 1. The second-order valence-electron chi connectivity index (χ2n) is 5.46. The van der Waals surface area contributed by atoms with Crippen molar-refractivity contribution >= 4 is 17.7 Å². The maximum absolute atomic E-state index is 12.7. The van der Waals surface area contributed by atoms with Gasteiger partial charge in [0.05, 0.1) is 0 Å². The molecule has 1 saturated heterocycles. The Bertz CT molecular complexity index is 490. The van der Waals surface area contributed by atoms with Gasteiger partial charge < -0.3 is 10.0 Å². The van der Waals surface area contributed by atoms with Crippen LogP contribution in [0.2, 0.25) is 0 Å². The van der Waals surface area contributed by atoms with Crippen LogP contribution in [0.25, 0.3) is 0 Å². The van der Waals surface area contributed by atoms with Crippen LogP contribution in [-0.4, -0.2) is 41.6 Å². The van der Waals surface area contributed by atoms with Crippen molar-refractivity contribution in [3.8, 4) is 0 Å². The van der Waals surface area contributed by atoms with Gasteiger partial charge in [-0.3, -0.25) is 9.69 Å². The van der Waals surface area contributed by atoms with Crippen LogP contribution in [0, 0.1) is 5.92 Å². The van der Waals surface area contributed by atoms with Gasteiger partial charge in [0.1, 0.15) is 6.54 Å². The van der Waals surface area contributed by atoms with Crippen LogP contribution in [0.15, 0.2) is 30.3 Å². The molecule has 21 heavy (non-hydrogen) atoms. The van der Waals surface area contributed by atoms with Gasteiger partial charge in [-0.25, -0.2) is 4.79 Å². The fourth-order valence-corrected chi connectivity index (χ4v) is 2.76. The molecular formula is C16H22N2O3. The Morgan fingerprint density at radius 2 is 2.05 bits per heavy atom. The first-order chi connectivity index (χ1) is 10.1. The quantitative estimate of drug-likeness (QED) is 0.927. The lowest BCUT2D eigenvalue weighted by atomic mass is 9.96. The number of amides is 2. The Labute approximate surface area is 125 Å². The van der Waals surface area contributed by atoms with Crippen LogP contribution in [0.1, 0.15) is 26.2 Å². The van der Waals surface area contributed by atoms with E-state index in [1.807, 2.05) is 18.2 Å². The molecule has 1 unspecified atom stereocenters. The predicted octanol–water partition coefficient (Wildman–Crippen LogP) is 2.82. The number of urea groups is 1. The number of rotatable bonds is 4. The monoisotopic (exact) mass is 290 g/mol. The van der Waals surface area contributed by atoms with Crippen molar-refractivity contribution in [2.24, 2.45) is 5.92 Å². The van der Waals surface area contributed by atoms with Gasteiger partial charge in [0.25, 0.3) is 0 Å². The van der Waals surface area contributed by atoms with Crippen LogP contribution < -0.4 is 4.90 Å². The van der Waals surface area contributed by atoms with Gasteiger partial charge in [0, 0.05) is 18.8 Å². The normalized spacial score (nSPS) is 18.3. The van der Waals surface area contributed by atoms with Crippen LogP contribution in [0.3, 0.4) is 0 Å². The molecule has 1 aliphatic rings. The van der Waals surface area contributed by atoms with Gasteiger partial charge in [0.15, 0.2) is 0 Å². The maximum atomic E-state index is 12.7. The number of benzene rings is 1. The van der Waals surface area contributed by atoms with E-state index in [-0.39, 0.29) is 12.6 Å². The van der Waals surface area contributed by atoms with E-state index in [4.69, 9.17) is 5.11 Å². The van der Waals surface area contributed by atoms with Crippen molar-refractivity contribution in [3.05, 3.63) is 30.3 Å². The van der Waals surface area contributed by atoms with Crippen LogP contribution in [0.4, 0.5) is 10.5 Å². The number of likely N-dealkylation sites (tertiary alicyclic amines) is 1. The van der Waals surface area contributed by atoms with E-state index >= 15 is 0 Å². The topological polar surface area (TPSA) is 60.9 Å². The third-order valence-electron chi connectivity index (χ3n) is 3.96. The molecule has 2 amide bonds. The van der Waals surface area contributed by atoms with Gasteiger partial charge in [0.2, 0.25) is 0 Å². The Morgan fingerprint density at radius 3 is 2.67 bits per heavy atom. The summed E-state index contributed by atoms with van der Waals surface area (Å²) in [5.41, 5.74) is 0.628. The van der Waals surface area contributed by atoms with E-state index in [9.17, 15) is 9.59 Å². The molecule has 0 aromatic heterocycles. The molecule has 1 aromatic rings. The lowest BCUT2D eigenvalue weighted by molar-refractivity contribution is -0.135. The minimum Gasteiger partial charge on any atom is -0.480 e. The molecule has 1 fully saturated rings. The highest BCUT2D eigenvalue weighted by atomic mass is 16.4. The molecule has 1 heterocycles. The minimum absolute atomic E-state index is 0.207. The number of carboxylic acid groups (broad SMARTS) is 1. The van der Waals surface area contributed by atoms with E-state index in [2.05, 4.69) is 6.92 Å². The summed E-state index contributed by atoms with van der Waals surface area (Å²) in [5, 5.41) is 9.08. The Morgan fingerprint density at radius 1 is 1.33 bits per heavy atom. The molecule has 1 aromatic carbocycles. The Balaban J connectivity index is 2.16. The molecule has 0 bridgehead atoms. The summed E-state index contributed by atoms with van der Waals surface area (Å²) in [7, 11) is 0. The highest BCUT2D eigenvalue weighted by Crippen LogP contribution is 2.22. The number of carbonyl (C=O) groups excluding carboxylic acids is 1. The molecule has 1 N–H and O–H groups in total. The van der Waals surface area contributed by atoms with E-state index in [0.29, 0.717) is 18.2 Å². The van der Waals surface area contributed by atoms with Gasteiger partial charge in [-0.1, -0.05) is 31.5 Å². The predicted molar refractivity (Wildman–Crippen MR) is 81.4 cm³/mol. The Hall–Kier alpha value is -2.04. The summed E-state index contributed by atoms with van der Waals surface area (Å²) in [5.74, 6) is -0.485. The van der Waals surface area contributed by atoms with E-state index in [1.165, 1.54) is 4.90 Å². The summed E-state index contributed by atoms with van der Waals surface area (Å²) in [6.45, 7) is 3.25. The second kappa shape index (κ2) is 7.11. The molecular weight excluding hydrogens is 268 g/mol. The fraction of sp³-hybridized carbons (Fsp3) is 0.500. The molecule has 5 nitrogen and oxygen atoms in total. The number of aliphatic carboxylic acids is 1. The number of para-hydroxylation sites is 1. The van der Waals surface area contributed by atoms with Gasteiger partial charge >= 0.3 is 12.0 Å². The van der Waals surface area contributed by atoms with E-state index in [0.717, 1.165) is 25.8 Å². The molecule has 0 aliphatic carbocycles. The molecule has 114 valence electrons. The van der Waals surface area contributed by atoms with Crippen LogP contribution in [0.5, 0.6) is 0 Å². The van der Waals surface area contributed by atoms with Crippen molar-refractivity contribution in [2.75, 3.05) is 24.5 Å². The number of hydrogen-bond acceptors (Lipinski definition) is 2. The third kappa shape index (κ3) is 3.97. The highest BCUT2D eigenvalue weighted by Gasteiger charge is 2.28. The zero-order valence-corrected chi connectivity index (χ0v) is 12.4. The highest BCUT2D eigenvalue weighted by molar-refractivity contribution is 5.96. The first-order valence-corrected chi connectivity index (χ1v) is 7.45. The van der Waals surface area contributed by atoms with Crippen molar-refractivity contribution in [2.45, 2.75) is 26.2 Å². The zero-order chi connectivity index (χ0) is 15.2. The van der Waals surface area contributed by atoms with Crippen molar-refractivity contribution in [3.63, 3.8) is 0 Å². The maximum Gasteiger partial charge on any atom is 0.325 e. The molecule has 0 radical (unpaired) electrons. The number of nitrogens with zero attached hydrogens (tertiary/aromatic N) is 2. The molecule has 1 atom stereocenters.